The third-order valence-corrected chi connectivity index (χ3v) is 3.67. The summed E-state index contributed by atoms with van der Waals surface area (Å²) in [5.41, 5.74) is 0.870. The van der Waals surface area contributed by atoms with E-state index >= 15 is 0 Å². The lowest BCUT2D eigenvalue weighted by molar-refractivity contribution is 0.162. The maximum atomic E-state index is 10.2. The number of rotatable bonds is 12. The molecular formula is C18H31NO2. The SMILES string of the molecule is CCCCCCCCCC(O)c1cncc(OCCC)c1. The fourth-order valence-corrected chi connectivity index (χ4v) is 2.38. The minimum absolute atomic E-state index is 0.418. The van der Waals surface area contributed by atoms with Crippen LogP contribution in [-0.4, -0.2) is 16.7 Å². The van der Waals surface area contributed by atoms with Gasteiger partial charge in [0.15, 0.2) is 0 Å². The van der Waals surface area contributed by atoms with Crippen LogP contribution in [0.4, 0.5) is 0 Å². The van der Waals surface area contributed by atoms with Gasteiger partial charge in [-0.3, -0.25) is 4.98 Å². The average molecular weight is 293 g/mol. The molecule has 3 heteroatoms. The number of unbranched alkanes of at least 4 members (excludes halogenated alkanes) is 6. The first-order valence-corrected chi connectivity index (χ1v) is 8.53. The quantitative estimate of drug-likeness (QED) is 0.549. The van der Waals surface area contributed by atoms with Crippen molar-refractivity contribution in [2.24, 2.45) is 0 Å². The normalized spacial score (nSPS) is 12.3. The molecule has 0 bridgehead atoms. The van der Waals surface area contributed by atoms with Gasteiger partial charge in [-0.1, -0.05) is 58.8 Å². The Morgan fingerprint density at radius 1 is 1.00 bits per heavy atom. The fourth-order valence-electron chi connectivity index (χ4n) is 2.38. The Bertz CT molecular complexity index is 368. The Morgan fingerprint density at radius 3 is 2.43 bits per heavy atom. The van der Waals surface area contributed by atoms with Crippen molar-refractivity contribution in [3.63, 3.8) is 0 Å². The Balaban J connectivity index is 2.23. The second kappa shape index (κ2) is 11.6. The summed E-state index contributed by atoms with van der Waals surface area (Å²) in [5, 5.41) is 10.2. The number of hydrogen-bond donors (Lipinski definition) is 1. The first kappa shape index (κ1) is 18.0. The summed E-state index contributed by atoms with van der Waals surface area (Å²) >= 11 is 0. The molecule has 120 valence electrons. The van der Waals surface area contributed by atoms with Crippen molar-refractivity contribution in [1.29, 1.82) is 0 Å². The fraction of sp³-hybridized carbons (Fsp3) is 0.722. The molecule has 0 aliphatic rings. The molecule has 0 fully saturated rings. The third kappa shape index (κ3) is 8.05. The first-order valence-electron chi connectivity index (χ1n) is 8.53. The Hall–Kier alpha value is -1.09. The molecule has 1 heterocycles. The van der Waals surface area contributed by atoms with Crippen molar-refractivity contribution in [2.45, 2.75) is 77.7 Å². The minimum atomic E-state index is -0.418. The molecule has 1 aromatic rings. The molecule has 3 nitrogen and oxygen atoms in total. The van der Waals surface area contributed by atoms with E-state index in [0.29, 0.717) is 6.61 Å². The van der Waals surface area contributed by atoms with E-state index in [-0.39, 0.29) is 0 Å². The van der Waals surface area contributed by atoms with E-state index in [2.05, 4.69) is 18.8 Å². The highest BCUT2D eigenvalue weighted by molar-refractivity contribution is 5.25. The molecule has 0 saturated carbocycles. The summed E-state index contributed by atoms with van der Waals surface area (Å²) in [6.07, 6.45) is 13.7. The minimum Gasteiger partial charge on any atom is -0.492 e. The van der Waals surface area contributed by atoms with Crippen LogP contribution in [0.2, 0.25) is 0 Å². The second-order valence-corrected chi connectivity index (χ2v) is 5.73. The van der Waals surface area contributed by atoms with Crippen LogP contribution in [0.3, 0.4) is 0 Å². The molecule has 21 heavy (non-hydrogen) atoms. The van der Waals surface area contributed by atoms with Crippen molar-refractivity contribution < 1.29 is 9.84 Å². The molecule has 1 atom stereocenters. The van der Waals surface area contributed by atoms with Crippen LogP contribution >= 0.6 is 0 Å². The zero-order chi connectivity index (χ0) is 15.3. The highest BCUT2D eigenvalue weighted by atomic mass is 16.5. The summed E-state index contributed by atoms with van der Waals surface area (Å²) in [7, 11) is 0. The zero-order valence-corrected chi connectivity index (χ0v) is 13.7. The molecule has 0 radical (unpaired) electrons. The van der Waals surface area contributed by atoms with E-state index in [4.69, 9.17) is 4.74 Å². The van der Waals surface area contributed by atoms with E-state index in [1.807, 2.05) is 6.07 Å². The molecule has 1 rings (SSSR count). The van der Waals surface area contributed by atoms with E-state index in [0.717, 1.165) is 30.6 Å². The molecule has 0 aromatic carbocycles. The van der Waals surface area contributed by atoms with Crippen molar-refractivity contribution >= 4 is 0 Å². The lowest BCUT2D eigenvalue weighted by Gasteiger charge is -2.12. The van der Waals surface area contributed by atoms with E-state index in [1.165, 1.54) is 38.5 Å². The van der Waals surface area contributed by atoms with Gasteiger partial charge in [-0.05, 0) is 18.9 Å². The van der Waals surface area contributed by atoms with Crippen LogP contribution in [0.15, 0.2) is 18.5 Å². The van der Waals surface area contributed by atoms with Gasteiger partial charge in [-0.25, -0.2) is 0 Å². The van der Waals surface area contributed by atoms with Gasteiger partial charge in [0, 0.05) is 11.8 Å². The van der Waals surface area contributed by atoms with Crippen LogP contribution in [0.1, 0.15) is 83.3 Å². The van der Waals surface area contributed by atoms with Gasteiger partial charge in [0.05, 0.1) is 18.9 Å². The predicted molar refractivity (Wildman–Crippen MR) is 87.6 cm³/mol. The number of aliphatic hydroxyl groups is 1. The summed E-state index contributed by atoms with van der Waals surface area (Å²) in [6.45, 7) is 5.01. The number of ether oxygens (including phenoxy) is 1. The molecule has 0 saturated heterocycles. The van der Waals surface area contributed by atoms with Crippen molar-refractivity contribution in [2.75, 3.05) is 6.61 Å². The monoisotopic (exact) mass is 293 g/mol. The van der Waals surface area contributed by atoms with E-state index in [1.54, 1.807) is 12.4 Å². The second-order valence-electron chi connectivity index (χ2n) is 5.73. The summed E-state index contributed by atoms with van der Waals surface area (Å²) in [4.78, 5) is 4.15. The van der Waals surface area contributed by atoms with Crippen molar-refractivity contribution in [3.05, 3.63) is 24.0 Å². The largest absolute Gasteiger partial charge is 0.492 e. The maximum Gasteiger partial charge on any atom is 0.137 e. The molecule has 0 aliphatic heterocycles. The highest BCUT2D eigenvalue weighted by Gasteiger charge is 2.09. The van der Waals surface area contributed by atoms with E-state index in [9.17, 15) is 5.11 Å². The van der Waals surface area contributed by atoms with Gasteiger partial charge in [-0.15, -0.1) is 0 Å². The molecule has 1 aromatic heterocycles. The Kier molecular flexibility index (Phi) is 9.88. The number of aliphatic hydroxyl groups excluding tert-OH is 1. The molecule has 1 N–H and O–H groups in total. The topological polar surface area (TPSA) is 42.4 Å². The van der Waals surface area contributed by atoms with Gasteiger partial charge in [-0.2, -0.15) is 0 Å². The number of hydrogen-bond acceptors (Lipinski definition) is 3. The van der Waals surface area contributed by atoms with Gasteiger partial charge < -0.3 is 9.84 Å². The molecule has 0 spiro atoms. The van der Waals surface area contributed by atoms with Crippen LogP contribution in [0.25, 0.3) is 0 Å². The Morgan fingerprint density at radius 2 is 1.71 bits per heavy atom. The van der Waals surface area contributed by atoms with Crippen molar-refractivity contribution in [1.82, 2.24) is 4.98 Å². The van der Waals surface area contributed by atoms with Crippen LogP contribution in [0.5, 0.6) is 5.75 Å². The summed E-state index contributed by atoms with van der Waals surface area (Å²) in [6, 6.07) is 1.91. The van der Waals surface area contributed by atoms with Crippen LogP contribution in [0, 0.1) is 0 Å². The smallest absolute Gasteiger partial charge is 0.137 e. The highest BCUT2D eigenvalue weighted by Crippen LogP contribution is 2.23. The average Bonchev–Trinajstić information content (AvgIpc) is 2.52. The number of aromatic nitrogens is 1. The molecular weight excluding hydrogens is 262 g/mol. The van der Waals surface area contributed by atoms with Gasteiger partial charge in [0.1, 0.15) is 5.75 Å². The standard InChI is InChI=1S/C18H31NO2/c1-3-5-6-7-8-9-10-11-18(20)16-13-17(15-19-14-16)21-12-4-2/h13-15,18,20H,3-12H2,1-2H3. The van der Waals surface area contributed by atoms with E-state index < -0.39 is 6.10 Å². The lowest BCUT2D eigenvalue weighted by Crippen LogP contribution is -2.01. The van der Waals surface area contributed by atoms with Gasteiger partial charge in [0.2, 0.25) is 0 Å². The maximum absolute atomic E-state index is 10.2. The zero-order valence-electron chi connectivity index (χ0n) is 13.7. The molecule has 0 amide bonds. The first-order chi connectivity index (χ1) is 10.3. The van der Waals surface area contributed by atoms with Crippen molar-refractivity contribution in [3.8, 4) is 5.75 Å². The third-order valence-electron chi connectivity index (χ3n) is 3.67. The molecule has 1 unspecified atom stereocenters. The van der Waals surface area contributed by atoms with Gasteiger partial charge in [0.25, 0.3) is 0 Å². The van der Waals surface area contributed by atoms with Crippen LogP contribution < -0.4 is 4.74 Å². The number of nitrogens with zero attached hydrogens (tertiary/aromatic N) is 1. The summed E-state index contributed by atoms with van der Waals surface area (Å²) < 4.78 is 5.55. The lowest BCUT2D eigenvalue weighted by atomic mass is 10.0. The summed E-state index contributed by atoms with van der Waals surface area (Å²) in [5.74, 6) is 0.757. The predicted octanol–water partition coefficient (Wildman–Crippen LogP) is 5.04. The molecule has 0 aliphatic carbocycles. The number of pyridine rings is 1. The van der Waals surface area contributed by atoms with Crippen LogP contribution in [-0.2, 0) is 0 Å². The van der Waals surface area contributed by atoms with Gasteiger partial charge >= 0.3 is 0 Å². The Labute approximate surface area is 129 Å².